The van der Waals surface area contributed by atoms with Crippen molar-refractivity contribution in [2.75, 3.05) is 43.2 Å². The van der Waals surface area contributed by atoms with E-state index in [-0.39, 0.29) is 5.75 Å². The Morgan fingerprint density at radius 2 is 1.94 bits per heavy atom. The largest absolute Gasteiger partial charge is 0.314 e. The van der Waals surface area contributed by atoms with Crippen LogP contribution in [0.3, 0.4) is 0 Å². The van der Waals surface area contributed by atoms with E-state index in [1.54, 1.807) is 0 Å². The number of nitrogens with zero attached hydrogens (tertiary/aromatic N) is 3. The number of aromatic nitrogens is 2. The van der Waals surface area contributed by atoms with Crippen LogP contribution in [0.2, 0.25) is 0 Å². The van der Waals surface area contributed by atoms with Gasteiger partial charge in [-0.2, -0.15) is 0 Å². The fourth-order valence-corrected chi connectivity index (χ4v) is 2.83. The van der Waals surface area contributed by atoms with Crippen molar-refractivity contribution < 1.29 is 8.42 Å². The Morgan fingerprint density at radius 1 is 1.28 bits per heavy atom. The molecule has 1 aliphatic rings. The van der Waals surface area contributed by atoms with Crippen LogP contribution in [-0.4, -0.2) is 61.8 Å². The van der Waals surface area contributed by atoms with E-state index in [2.05, 4.69) is 24.9 Å². The zero-order valence-corrected chi connectivity index (χ0v) is 10.9. The average molecular weight is 271 g/mol. The number of hydrogen-bond acceptors (Lipinski definition) is 6. The highest BCUT2D eigenvalue weighted by Gasteiger charge is 2.15. The van der Waals surface area contributed by atoms with Crippen LogP contribution in [0.1, 0.15) is 0 Å². The summed E-state index contributed by atoms with van der Waals surface area (Å²) in [5, 5.41) is 3.23. The summed E-state index contributed by atoms with van der Waals surface area (Å²) in [6.45, 7) is 4.17. The minimum atomic E-state index is -3.33. The smallest absolute Gasteiger partial charge is 0.234 e. The van der Waals surface area contributed by atoms with Crippen molar-refractivity contribution in [2.45, 2.75) is 0 Å². The first kappa shape index (κ1) is 13.2. The van der Waals surface area contributed by atoms with Gasteiger partial charge in [-0.05, 0) is 0 Å². The van der Waals surface area contributed by atoms with Gasteiger partial charge in [0, 0.05) is 32.7 Å². The van der Waals surface area contributed by atoms with Crippen LogP contribution in [-0.2, 0) is 10.0 Å². The number of sulfonamides is 1. The van der Waals surface area contributed by atoms with E-state index in [0.29, 0.717) is 12.2 Å². The summed E-state index contributed by atoms with van der Waals surface area (Å²) in [6.07, 6.45) is 4.24. The Labute approximate surface area is 107 Å². The van der Waals surface area contributed by atoms with E-state index < -0.39 is 10.0 Å². The molecule has 0 saturated carbocycles. The zero-order chi connectivity index (χ0) is 12.8. The topological polar surface area (TPSA) is 87.2 Å². The van der Waals surface area contributed by atoms with E-state index in [9.17, 15) is 8.42 Å². The van der Waals surface area contributed by atoms with Crippen LogP contribution in [0.15, 0.2) is 18.7 Å². The molecule has 1 aromatic rings. The lowest BCUT2D eigenvalue weighted by Gasteiger charge is -2.26. The molecule has 8 heteroatoms. The minimum Gasteiger partial charge on any atom is -0.314 e. The van der Waals surface area contributed by atoms with Gasteiger partial charge in [-0.15, -0.1) is 0 Å². The maximum absolute atomic E-state index is 11.8. The third-order valence-electron chi connectivity index (χ3n) is 2.72. The van der Waals surface area contributed by atoms with Gasteiger partial charge in [0.15, 0.2) is 0 Å². The molecule has 100 valence electrons. The van der Waals surface area contributed by atoms with Crippen LogP contribution in [0.5, 0.6) is 0 Å². The average Bonchev–Trinajstić information content (AvgIpc) is 2.38. The second-order valence-corrected chi connectivity index (χ2v) is 5.98. The van der Waals surface area contributed by atoms with Crippen molar-refractivity contribution >= 4 is 15.7 Å². The van der Waals surface area contributed by atoms with Crippen LogP contribution in [0.25, 0.3) is 0 Å². The zero-order valence-electron chi connectivity index (χ0n) is 10.0. The van der Waals surface area contributed by atoms with Crippen molar-refractivity contribution in [3.63, 3.8) is 0 Å². The molecule has 0 amide bonds. The van der Waals surface area contributed by atoms with Crippen molar-refractivity contribution in [2.24, 2.45) is 0 Å². The summed E-state index contributed by atoms with van der Waals surface area (Å²) in [4.78, 5) is 9.66. The van der Waals surface area contributed by atoms with Gasteiger partial charge in [0.1, 0.15) is 6.33 Å². The Balaban J connectivity index is 1.83. The highest BCUT2D eigenvalue weighted by molar-refractivity contribution is 7.92. The Morgan fingerprint density at radius 3 is 2.61 bits per heavy atom. The Bertz CT molecular complexity index is 458. The van der Waals surface area contributed by atoms with Crippen molar-refractivity contribution in [1.82, 2.24) is 20.2 Å². The molecule has 2 rings (SSSR count). The first-order valence-corrected chi connectivity index (χ1v) is 7.49. The first-order chi connectivity index (χ1) is 8.66. The molecule has 0 bridgehead atoms. The summed E-state index contributed by atoms with van der Waals surface area (Å²) in [5.41, 5.74) is 0.401. The number of anilines is 1. The van der Waals surface area contributed by atoms with E-state index >= 15 is 0 Å². The molecule has 0 atom stereocenters. The van der Waals surface area contributed by atoms with Gasteiger partial charge >= 0.3 is 0 Å². The lowest BCUT2D eigenvalue weighted by molar-refractivity contribution is 0.254. The summed E-state index contributed by atoms with van der Waals surface area (Å²) in [6, 6.07) is 0. The third-order valence-corrected chi connectivity index (χ3v) is 3.99. The van der Waals surface area contributed by atoms with Crippen molar-refractivity contribution in [3.05, 3.63) is 18.7 Å². The van der Waals surface area contributed by atoms with Crippen molar-refractivity contribution in [1.29, 1.82) is 0 Å². The predicted octanol–water partition coefficient (Wildman–Crippen LogP) is -0.876. The summed E-state index contributed by atoms with van der Waals surface area (Å²) in [5.74, 6) is 0.0852. The monoisotopic (exact) mass is 271 g/mol. The molecule has 0 aliphatic carbocycles. The molecule has 7 nitrogen and oxygen atoms in total. The lowest BCUT2D eigenvalue weighted by Crippen LogP contribution is -2.45. The first-order valence-electron chi connectivity index (χ1n) is 5.84. The molecule has 2 N–H and O–H groups in total. The highest BCUT2D eigenvalue weighted by Crippen LogP contribution is 2.05. The molecule has 1 aromatic heterocycles. The molecular formula is C10H17N5O2S. The van der Waals surface area contributed by atoms with Crippen LogP contribution in [0.4, 0.5) is 5.69 Å². The van der Waals surface area contributed by atoms with E-state index in [1.165, 1.54) is 18.7 Å². The van der Waals surface area contributed by atoms with E-state index in [0.717, 1.165) is 26.2 Å². The van der Waals surface area contributed by atoms with Gasteiger partial charge in [-0.25, -0.2) is 18.4 Å². The molecule has 0 radical (unpaired) electrons. The molecule has 1 aliphatic heterocycles. The molecule has 0 unspecified atom stereocenters. The molecule has 1 saturated heterocycles. The van der Waals surface area contributed by atoms with Gasteiger partial charge in [-0.1, -0.05) is 0 Å². The van der Waals surface area contributed by atoms with Crippen LogP contribution < -0.4 is 10.0 Å². The van der Waals surface area contributed by atoms with Gasteiger partial charge in [0.25, 0.3) is 0 Å². The predicted molar refractivity (Wildman–Crippen MR) is 68.8 cm³/mol. The van der Waals surface area contributed by atoms with E-state index in [1.807, 2.05) is 0 Å². The summed E-state index contributed by atoms with van der Waals surface area (Å²) < 4.78 is 26.1. The normalized spacial score (nSPS) is 17.6. The summed E-state index contributed by atoms with van der Waals surface area (Å²) in [7, 11) is -3.33. The van der Waals surface area contributed by atoms with Crippen LogP contribution >= 0.6 is 0 Å². The second kappa shape index (κ2) is 6.07. The lowest BCUT2D eigenvalue weighted by atomic mass is 10.4. The fraction of sp³-hybridized carbons (Fsp3) is 0.600. The molecule has 0 spiro atoms. The van der Waals surface area contributed by atoms with Gasteiger partial charge in [-0.3, -0.25) is 9.62 Å². The number of hydrogen-bond donors (Lipinski definition) is 2. The number of rotatable bonds is 5. The van der Waals surface area contributed by atoms with Gasteiger partial charge in [0.05, 0.1) is 23.8 Å². The molecular weight excluding hydrogens is 254 g/mol. The Kier molecular flexibility index (Phi) is 4.45. The third kappa shape index (κ3) is 4.21. The van der Waals surface area contributed by atoms with Gasteiger partial charge in [0.2, 0.25) is 10.0 Å². The maximum Gasteiger partial charge on any atom is 0.234 e. The maximum atomic E-state index is 11.8. The van der Waals surface area contributed by atoms with E-state index in [4.69, 9.17) is 0 Å². The van der Waals surface area contributed by atoms with Crippen molar-refractivity contribution in [3.8, 4) is 0 Å². The summed E-state index contributed by atoms with van der Waals surface area (Å²) >= 11 is 0. The SMILES string of the molecule is O=S(=O)(CCN1CCNCC1)Nc1cncnc1. The van der Waals surface area contributed by atoms with Crippen LogP contribution in [0, 0.1) is 0 Å². The fourth-order valence-electron chi connectivity index (χ4n) is 1.77. The molecule has 2 heterocycles. The second-order valence-electron chi connectivity index (χ2n) is 4.14. The highest BCUT2D eigenvalue weighted by atomic mass is 32.2. The molecule has 0 aromatic carbocycles. The molecule has 1 fully saturated rings. The number of nitrogens with one attached hydrogen (secondary N) is 2. The van der Waals surface area contributed by atoms with Gasteiger partial charge < -0.3 is 5.32 Å². The standard InChI is InChI=1S/C10H17N5O2S/c16-18(17,14-10-7-12-9-13-8-10)6-5-15-3-1-11-2-4-15/h7-9,11,14H,1-6H2. The number of piperazine rings is 1. The quantitative estimate of drug-likeness (QED) is 0.723. The Hall–Kier alpha value is -1.25. The minimum absolute atomic E-state index is 0.0852. The molecule has 18 heavy (non-hydrogen) atoms.